The van der Waals surface area contributed by atoms with Gasteiger partial charge in [0.1, 0.15) is 11.5 Å². The highest BCUT2D eigenvalue weighted by molar-refractivity contribution is 9.10. The molecule has 0 fully saturated rings. The number of hydrogen-bond donors (Lipinski definition) is 0. The van der Waals surface area contributed by atoms with Crippen LogP contribution in [-0.2, 0) is 0 Å². The van der Waals surface area contributed by atoms with Gasteiger partial charge in [-0.3, -0.25) is 10.1 Å². The van der Waals surface area contributed by atoms with Gasteiger partial charge in [0.05, 0.1) is 21.6 Å². The van der Waals surface area contributed by atoms with Gasteiger partial charge in [0.2, 0.25) is 0 Å². The molecule has 0 saturated carbocycles. The number of halogens is 2. The van der Waals surface area contributed by atoms with Gasteiger partial charge in [-0.1, -0.05) is 39.7 Å². The fourth-order valence-electron chi connectivity index (χ4n) is 2.34. The van der Waals surface area contributed by atoms with Crippen LogP contribution < -0.4 is 0 Å². The number of allylic oxidation sites excluding steroid dienone is 1. The van der Waals surface area contributed by atoms with Crippen LogP contribution in [0.25, 0.3) is 23.0 Å². The van der Waals surface area contributed by atoms with E-state index in [1.54, 1.807) is 18.2 Å². The molecule has 1 aromatic heterocycles. The Morgan fingerprint density at radius 1 is 1.19 bits per heavy atom. The van der Waals surface area contributed by atoms with Gasteiger partial charge in [0, 0.05) is 22.2 Å². The second-order valence-corrected chi connectivity index (χ2v) is 6.62. The van der Waals surface area contributed by atoms with Crippen molar-refractivity contribution in [3.05, 3.63) is 85.5 Å². The minimum absolute atomic E-state index is 0.0903. The van der Waals surface area contributed by atoms with E-state index in [2.05, 4.69) is 22.0 Å². The first kappa shape index (κ1) is 17.9. The van der Waals surface area contributed by atoms with Crippen LogP contribution in [-0.4, -0.2) is 4.92 Å². The standard InChI is InChI=1S/C19H10BrClN2O3/c20-14-3-1-12(2-4-14)13(11-22)9-16-6-8-19(26-16)17-7-5-15(23(24)25)10-18(17)21/h1-10H/b13-9+. The summed E-state index contributed by atoms with van der Waals surface area (Å²) in [6.07, 6.45) is 1.63. The number of benzene rings is 2. The molecular weight excluding hydrogens is 420 g/mol. The third kappa shape index (κ3) is 3.85. The monoisotopic (exact) mass is 428 g/mol. The highest BCUT2D eigenvalue weighted by Gasteiger charge is 2.13. The van der Waals surface area contributed by atoms with Gasteiger partial charge < -0.3 is 4.42 Å². The Morgan fingerprint density at radius 3 is 2.54 bits per heavy atom. The number of non-ortho nitro benzene ring substituents is 1. The van der Waals surface area contributed by atoms with E-state index < -0.39 is 4.92 Å². The van der Waals surface area contributed by atoms with Crippen LogP contribution in [0.5, 0.6) is 0 Å². The number of rotatable bonds is 4. The number of nitriles is 1. The van der Waals surface area contributed by atoms with E-state index in [0.29, 0.717) is 22.7 Å². The Hall–Kier alpha value is -2.88. The minimum Gasteiger partial charge on any atom is -0.457 e. The molecule has 1 heterocycles. The Balaban J connectivity index is 1.93. The topological polar surface area (TPSA) is 80.1 Å². The fourth-order valence-corrected chi connectivity index (χ4v) is 2.88. The lowest BCUT2D eigenvalue weighted by Gasteiger charge is -2.01. The number of nitro benzene ring substituents is 1. The molecule has 0 N–H and O–H groups in total. The lowest BCUT2D eigenvalue weighted by molar-refractivity contribution is -0.384. The van der Waals surface area contributed by atoms with Crippen LogP contribution >= 0.6 is 27.5 Å². The zero-order valence-corrected chi connectivity index (χ0v) is 15.5. The van der Waals surface area contributed by atoms with Crippen molar-refractivity contribution in [2.75, 3.05) is 0 Å². The van der Waals surface area contributed by atoms with Crippen LogP contribution in [0, 0.1) is 21.4 Å². The van der Waals surface area contributed by atoms with Gasteiger partial charge in [-0.05, 0) is 42.0 Å². The molecule has 0 unspecified atom stereocenters. The fraction of sp³-hybridized carbons (Fsp3) is 0. The van der Waals surface area contributed by atoms with Crippen molar-refractivity contribution in [3.8, 4) is 17.4 Å². The molecule has 0 saturated heterocycles. The number of furan rings is 1. The summed E-state index contributed by atoms with van der Waals surface area (Å²) in [5, 5.41) is 20.4. The summed E-state index contributed by atoms with van der Waals surface area (Å²) in [5.41, 5.74) is 1.67. The Morgan fingerprint density at radius 2 is 1.92 bits per heavy atom. The summed E-state index contributed by atoms with van der Waals surface area (Å²) in [6.45, 7) is 0. The smallest absolute Gasteiger partial charge is 0.270 e. The second kappa shape index (κ2) is 7.56. The Labute approximate surface area is 162 Å². The van der Waals surface area contributed by atoms with Crippen molar-refractivity contribution in [3.63, 3.8) is 0 Å². The van der Waals surface area contributed by atoms with E-state index in [0.717, 1.165) is 10.0 Å². The summed E-state index contributed by atoms with van der Waals surface area (Å²) in [5.74, 6) is 0.943. The molecule has 0 bridgehead atoms. The van der Waals surface area contributed by atoms with E-state index in [1.807, 2.05) is 24.3 Å². The minimum atomic E-state index is -0.511. The third-order valence-corrected chi connectivity index (χ3v) is 4.46. The maximum atomic E-state index is 10.8. The van der Waals surface area contributed by atoms with Crippen molar-refractivity contribution in [2.24, 2.45) is 0 Å². The van der Waals surface area contributed by atoms with Gasteiger partial charge in [-0.25, -0.2) is 0 Å². The van der Waals surface area contributed by atoms with Gasteiger partial charge in [0.25, 0.3) is 5.69 Å². The van der Waals surface area contributed by atoms with E-state index >= 15 is 0 Å². The van der Waals surface area contributed by atoms with Crippen LogP contribution in [0.1, 0.15) is 11.3 Å². The van der Waals surface area contributed by atoms with Crippen molar-refractivity contribution in [1.29, 1.82) is 5.26 Å². The second-order valence-electron chi connectivity index (χ2n) is 5.30. The molecule has 0 radical (unpaired) electrons. The van der Waals surface area contributed by atoms with E-state index in [-0.39, 0.29) is 10.7 Å². The molecule has 26 heavy (non-hydrogen) atoms. The van der Waals surface area contributed by atoms with Gasteiger partial charge in [0.15, 0.2) is 0 Å². The highest BCUT2D eigenvalue weighted by Crippen LogP contribution is 2.33. The van der Waals surface area contributed by atoms with E-state index in [1.165, 1.54) is 18.2 Å². The maximum Gasteiger partial charge on any atom is 0.270 e. The van der Waals surface area contributed by atoms with Crippen molar-refractivity contribution < 1.29 is 9.34 Å². The first-order chi connectivity index (χ1) is 12.5. The Kier molecular flexibility index (Phi) is 5.21. The molecule has 0 amide bonds. The summed E-state index contributed by atoms with van der Waals surface area (Å²) < 4.78 is 6.66. The van der Waals surface area contributed by atoms with Crippen LogP contribution in [0.15, 0.2) is 63.5 Å². The SMILES string of the molecule is N#C/C(=C\c1ccc(-c2ccc([N+](=O)[O-])cc2Cl)o1)c1ccc(Br)cc1. The normalized spacial score (nSPS) is 11.2. The Bertz CT molecular complexity index is 1050. The molecule has 128 valence electrons. The summed E-state index contributed by atoms with van der Waals surface area (Å²) in [4.78, 5) is 10.3. The summed E-state index contributed by atoms with van der Waals surface area (Å²) in [6, 6.07) is 17.1. The van der Waals surface area contributed by atoms with E-state index in [9.17, 15) is 15.4 Å². The molecule has 0 atom stereocenters. The van der Waals surface area contributed by atoms with Crippen molar-refractivity contribution in [1.82, 2.24) is 0 Å². The average molecular weight is 430 g/mol. The third-order valence-electron chi connectivity index (χ3n) is 3.62. The average Bonchev–Trinajstić information content (AvgIpc) is 3.08. The largest absolute Gasteiger partial charge is 0.457 e. The molecule has 0 aliphatic rings. The molecular formula is C19H10BrClN2O3. The maximum absolute atomic E-state index is 10.8. The predicted molar refractivity (Wildman–Crippen MR) is 103 cm³/mol. The van der Waals surface area contributed by atoms with Gasteiger partial charge in [-0.15, -0.1) is 0 Å². The molecule has 2 aromatic carbocycles. The number of hydrogen-bond acceptors (Lipinski definition) is 4. The molecule has 7 heteroatoms. The molecule has 0 aliphatic carbocycles. The number of nitrogens with zero attached hydrogens (tertiary/aromatic N) is 2. The quantitative estimate of drug-likeness (QED) is 0.275. The molecule has 3 aromatic rings. The van der Waals surface area contributed by atoms with Gasteiger partial charge >= 0.3 is 0 Å². The molecule has 3 rings (SSSR count). The van der Waals surface area contributed by atoms with E-state index in [4.69, 9.17) is 16.0 Å². The van der Waals surface area contributed by atoms with Crippen LogP contribution in [0.4, 0.5) is 5.69 Å². The summed E-state index contributed by atoms with van der Waals surface area (Å²) >= 11 is 9.48. The molecule has 0 spiro atoms. The lowest BCUT2D eigenvalue weighted by Crippen LogP contribution is -1.88. The predicted octanol–water partition coefficient (Wildman–Crippen LogP) is 6.33. The number of nitro groups is 1. The van der Waals surface area contributed by atoms with Crippen LogP contribution in [0.2, 0.25) is 5.02 Å². The summed E-state index contributed by atoms with van der Waals surface area (Å²) in [7, 11) is 0. The zero-order valence-electron chi connectivity index (χ0n) is 13.1. The van der Waals surface area contributed by atoms with Crippen molar-refractivity contribution in [2.45, 2.75) is 0 Å². The molecule has 5 nitrogen and oxygen atoms in total. The molecule has 0 aliphatic heterocycles. The lowest BCUT2D eigenvalue weighted by atomic mass is 10.1. The van der Waals surface area contributed by atoms with Crippen molar-refractivity contribution >= 4 is 44.9 Å². The zero-order chi connectivity index (χ0) is 18.7. The first-order valence-electron chi connectivity index (χ1n) is 7.40. The van der Waals surface area contributed by atoms with Gasteiger partial charge in [-0.2, -0.15) is 5.26 Å². The first-order valence-corrected chi connectivity index (χ1v) is 8.57. The van der Waals surface area contributed by atoms with Crippen LogP contribution in [0.3, 0.4) is 0 Å². The highest BCUT2D eigenvalue weighted by atomic mass is 79.9.